The molecule has 3 N–H and O–H groups in total. The molecular formula is C11H16N2O7S. The summed E-state index contributed by atoms with van der Waals surface area (Å²) in [4.78, 5) is 23.7. The molecule has 0 aliphatic heterocycles. The van der Waals surface area contributed by atoms with E-state index in [0.717, 1.165) is 13.2 Å². The normalized spacial score (nSPS) is 9.95. The molecule has 10 heteroatoms. The molecule has 1 aromatic carbocycles. The Hall–Kier alpha value is -2.17. The van der Waals surface area contributed by atoms with Gasteiger partial charge in [-0.25, -0.2) is 23.1 Å². The number of amides is 2. The monoisotopic (exact) mass is 320 g/mol. The molecule has 0 spiro atoms. The van der Waals surface area contributed by atoms with Crippen LogP contribution >= 0.6 is 0 Å². The molecule has 1 rings (SSSR count). The smallest absolute Gasteiger partial charge is 0.306 e. The molecule has 2 amide bonds. The first kappa shape index (κ1) is 18.8. The van der Waals surface area contributed by atoms with Crippen molar-refractivity contribution in [3.8, 4) is 0 Å². The van der Waals surface area contributed by atoms with E-state index < -0.39 is 21.8 Å². The lowest BCUT2D eigenvalue weighted by atomic mass is 10.3. The van der Waals surface area contributed by atoms with Gasteiger partial charge in [0.05, 0.1) is 4.90 Å². The van der Waals surface area contributed by atoms with E-state index in [1.165, 1.54) is 31.3 Å². The lowest BCUT2D eigenvalue weighted by Gasteiger charge is -2.10. The van der Waals surface area contributed by atoms with Crippen LogP contribution < -0.4 is 5.32 Å². The summed E-state index contributed by atoms with van der Waals surface area (Å²) in [5.74, 6) is -0.690. The van der Waals surface area contributed by atoms with Crippen LogP contribution in [0.1, 0.15) is 6.92 Å². The number of rotatable bonds is 2. The van der Waals surface area contributed by atoms with Gasteiger partial charge in [0.1, 0.15) is 0 Å². The van der Waals surface area contributed by atoms with Crippen LogP contribution in [0.15, 0.2) is 29.2 Å². The summed E-state index contributed by atoms with van der Waals surface area (Å²) >= 11 is 0. The lowest BCUT2D eigenvalue weighted by molar-refractivity contribution is -0.231. The van der Waals surface area contributed by atoms with E-state index in [9.17, 15) is 18.0 Å². The van der Waals surface area contributed by atoms with Crippen LogP contribution in [-0.2, 0) is 19.5 Å². The Bertz CT molecular complexity index is 581. The minimum atomic E-state index is -3.24. The average Bonchev–Trinajstić information content (AvgIpc) is 2.38. The fourth-order valence-corrected chi connectivity index (χ4v) is 1.62. The summed E-state index contributed by atoms with van der Waals surface area (Å²) in [5, 5.41) is 18.8. The van der Waals surface area contributed by atoms with Crippen LogP contribution in [0.3, 0.4) is 0 Å². The van der Waals surface area contributed by atoms with Crippen LogP contribution in [0, 0.1) is 0 Å². The first-order chi connectivity index (χ1) is 9.57. The second-order valence-corrected chi connectivity index (χ2v) is 5.85. The maximum atomic E-state index is 11.1. The van der Waals surface area contributed by atoms with Gasteiger partial charge in [0, 0.05) is 25.9 Å². The van der Waals surface area contributed by atoms with E-state index in [1.807, 2.05) is 0 Å². The fraction of sp³-hybridized carbons (Fsp3) is 0.273. The van der Waals surface area contributed by atoms with Gasteiger partial charge in [-0.15, -0.1) is 0 Å². The molecule has 0 atom stereocenters. The number of carbonyl (C=O) groups is 2. The molecule has 0 bridgehead atoms. The number of hydrogen-bond donors (Lipinski definition) is 3. The van der Waals surface area contributed by atoms with E-state index in [0.29, 0.717) is 10.8 Å². The second-order valence-electron chi connectivity index (χ2n) is 3.83. The second kappa shape index (κ2) is 8.19. The largest absolute Gasteiger partial charge is 0.345 e. The van der Waals surface area contributed by atoms with Crippen LogP contribution in [0.5, 0.6) is 0 Å². The Morgan fingerprint density at radius 1 is 1.24 bits per heavy atom. The van der Waals surface area contributed by atoms with Crippen molar-refractivity contribution in [3.63, 3.8) is 0 Å². The summed E-state index contributed by atoms with van der Waals surface area (Å²) in [6, 6.07) is 4.94. The highest BCUT2D eigenvalue weighted by atomic mass is 32.2. The molecule has 9 nitrogen and oxygen atoms in total. The third-order valence-corrected chi connectivity index (χ3v) is 3.08. The molecule has 0 aromatic heterocycles. The number of benzene rings is 1. The first-order valence-electron chi connectivity index (χ1n) is 5.43. The minimum absolute atomic E-state index is 0.169. The van der Waals surface area contributed by atoms with Crippen molar-refractivity contribution in [1.82, 2.24) is 5.06 Å². The average molecular weight is 320 g/mol. The molecule has 0 aliphatic rings. The molecule has 0 aliphatic carbocycles. The number of sulfone groups is 1. The predicted molar refractivity (Wildman–Crippen MR) is 72.5 cm³/mol. The van der Waals surface area contributed by atoms with Crippen molar-refractivity contribution >= 4 is 27.5 Å². The topological polar surface area (TPSA) is 133 Å². The van der Waals surface area contributed by atoms with Crippen molar-refractivity contribution in [2.45, 2.75) is 11.8 Å². The minimum Gasteiger partial charge on any atom is -0.306 e. The number of urea groups is 1. The highest BCUT2D eigenvalue weighted by molar-refractivity contribution is 7.90. The molecule has 21 heavy (non-hydrogen) atoms. The van der Waals surface area contributed by atoms with E-state index in [-0.39, 0.29) is 4.90 Å². The van der Waals surface area contributed by atoms with Gasteiger partial charge in [-0.05, 0) is 24.3 Å². The van der Waals surface area contributed by atoms with Crippen molar-refractivity contribution in [2.24, 2.45) is 0 Å². The Morgan fingerprint density at radius 2 is 1.67 bits per heavy atom. The number of nitrogens with zero attached hydrogens (tertiary/aromatic N) is 1. The van der Waals surface area contributed by atoms with Crippen LogP contribution in [-0.4, -0.2) is 49.2 Å². The standard InChI is InChI=1S/C9H12N2O4S.C2H4O3/c1-11(13)9(12)10-7-3-5-8(6-4-7)16(2,14)15;1-2(3)5-4/h3-6,13H,1-2H3,(H,10,12);4H,1H3. The summed E-state index contributed by atoms with van der Waals surface area (Å²) in [6.45, 7) is 1.11. The quantitative estimate of drug-likeness (QED) is 0.420. The molecule has 1 aromatic rings. The molecule has 0 saturated carbocycles. The van der Waals surface area contributed by atoms with E-state index in [2.05, 4.69) is 10.2 Å². The van der Waals surface area contributed by atoms with Crippen molar-refractivity contribution in [2.75, 3.05) is 18.6 Å². The summed E-state index contributed by atoms with van der Waals surface area (Å²) < 4.78 is 22.3. The van der Waals surface area contributed by atoms with Gasteiger partial charge in [-0.1, -0.05) is 0 Å². The van der Waals surface area contributed by atoms with Gasteiger partial charge < -0.3 is 10.2 Å². The van der Waals surface area contributed by atoms with Crippen LogP contribution in [0.4, 0.5) is 10.5 Å². The molecule has 0 unspecified atom stereocenters. The third-order valence-electron chi connectivity index (χ3n) is 1.96. The first-order valence-corrected chi connectivity index (χ1v) is 7.32. The number of hydrogen-bond acceptors (Lipinski definition) is 7. The van der Waals surface area contributed by atoms with Crippen molar-refractivity contribution < 1.29 is 33.4 Å². The summed E-state index contributed by atoms with van der Waals surface area (Å²) in [7, 11) is -2.06. The molecule has 0 heterocycles. The van der Waals surface area contributed by atoms with E-state index in [4.69, 9.17) is 10.5 Å². The highest BCUT2D eigenvalue weighted by Gasteiger charge is 2.08. The molecule has 0 fully saturated rings. The lowest BCUT2D eigenvalue weighted by Crippen LogP contribution is -2.27. The maximum absolute atomic E-state index is 11.1. The molecule has 0 radical (unpaired) electrons. The van der Waals surface area contributed by atoms with Crippen molar-refractivity contribution in [1.29, 1.82) is 0 Å². The molecule has 118 valence electrons. The predicted octanol–water partition coefficient (Wildman–Crippen LogP) is 0.965. The van der Waals surface area contributed by atoms with E-state index in [1.54, 1.807) is 0 Å². The molecule has 0 saturated heterocycles. The zero-order chi connectivity index (χ0) is 16.6. The number of carbonyl (C=O) groups excluding carboxylic acids is 2. The van der Waals surface area contributed by atoms with Gasteiger partial charge in [0.15, 0.2) is 9.84 Å². The highest BCUT2D eigenvalue weighted by Crippen LogP contribution is 2.13. The van der Waals surface area contributed by atoms with Gasteiger partial charge in [-0.2, -0.15) is 5.26 Å². The van der Waals surface area contributed by atoms with Gasteiger partial charge >= 0.3 is 12.0 Å². The van der Waals surface area contributed by atoms with Crippen LogP contribution in [0.2, 0.25) is 0 Å². The third kappa shape index (κ3) is 7.87. The number of hydroxylamine groups is 2. The van der Waals surface area contributed by atoms with Gasteiger partial charge in [-0.3, -0.25) is 5.21 Å². The zero-order valence-electron chi connectivity index (χ0n) is 11.6. The summed E-state index contributed by atoms with van der Waals surface area (Å²) in [5.41, 5.74) is 0.401. The Morgan fingerprint density at radius 3 is 1.95 bits per heavy atom. The maximum Gasteiger partial charge on any atom is 0.345 e. The van der Waals surface area contributed by atoms with Gasteiger partial charge in [0.2, 0.25) is 0 Å². The molecular weight excluding hydrogens is 304 g/mol. The fourth-order valence-electron chi connectivity index (χ4n) is 0.990. The SMILES string of the molecule is CC(=O)OO.CN(O)C(=O)Nc1ccc(S(C)(=O)=O)cc1. The van der Waals surface area contributed by atoms with Crippen LogP contribution in [0.25, 0.3) is 0 Å². The Balaban J connectivity index is 0.000000690. The number of anilines is 1. The number of nitrogens with one attached hydrogen (secondary N) is 1. The Kier molecular flexibility index (Phi) is 7.35. The Labute approximate surface area is 121 Å². The van der Waals surface area contributed by atoms with E-state index >= 15 is 0 Å². The summed E-state index contributed by atoms with van der Waals surface area (Å²) in [6.07, 6.45) is 1.10. The zero-order valence-corrected chi connectivity index (χ0v) is 12.4. The van der Waals surface area contributed by atoms with Gasteiger partial charge in [0.25, 0.3) is 0 Å². The van der Waals surface area contributed by atoms with Crippen molar-refractivity contribution in [3.05, 3.63) is 24.3 Å².